The average Bonchev–Trinajstić information content (AvgIpc) is 2.61. The zero-order chi connectivity index (χ0) is 20.7. The fourth-order valence-corrected chi connectivity index (χ4v) is 4.06. The van der Waals surface area contributed by atoms with E-state index in [4.69, 9.17) is 5.11 Å². The molecule has 2 nitrogen and oxygen atoms in total. The van der Waals surface area contributed by atoms with Gasteiger partial charge in [-0.1, -0.05) is 49.3 Å². The third-order valence-corrected chi connectivity index (χ3v) is 6.44. The quantitative estimate of drug-likeness (QED) is 0.485. The first-order valence-electron chi connectivity index (χ1n) is 10.5. The van der Waals surface area contributed by atoms with Gasteiger partial charge in [0, 0.05) is 0 Å². The summed E-state index contributed by atoms with van der Waals surface area (Å²) in [5.41, 5.74) is 3.82. The lowest BCUT2D eigenvalue weighted by atomic mass is 9.49. The summed E-state index contributed by atoms with van der Waals surface area (Å²) in [5.74, 6) is 1.58. The number of fused-ring (bicyclic) bond motifs is 1. The fraction of sp³-hybridized carbons (Fsp3) is 0.680. The molecular formula is C25H42O2. The standard InChI is InChI=1S/C15H26O.C10H16O/c1-6-15(5,16)12-8-11-14(4)10-7-9-13(2)3;1-10(2)8-4-3-7(6-11)9(10)5-8/h6,9,11,16H,1,7-8,10,12H2,2-5H3;3,8-9,11H,4-6H2,1-2H3/b14-11+;. The summed E-state index contributed by atoms with van der Waals surface area (Å²) in [6, 6.07) is 0. The van der Waals surface area contributed by atoms with E-state index in [2.05, 4.69) is 59.4 Å². The smallest absolute Gasteiger partial charge is 0.0800 e. The Morgan fingerprint density at radius 1 is 1.26 bits per heavy atom. The second-order valence-corrected chi connectivity index (χ2v) is 9.45. The van der Waals surface area contributed by atoms with Crippen LogP contribution in [0.15, 0.2) is 47.6 Å². The highest BCUT2D eigenvalue weighted by Crippen LogP contribution is 2.58. The van der Waals surface area contributed by atoms with Crippen molar-refractivity contribution in [1.82, 2.24) is 0 Å². The highest BCUT2D eigenvalue weighted by atomic mass is 16.3. The van der Waals surface area contributed by atoms with E-state index in [1.165, 1.54) is 29.6 Å². The Balaban J connectivity index is 0.000000285. The van der Waals surface area contributed by atoms with E-state index in [1.54, 1.807) is 13.0 Å². The highest BCUT2D eigenvalue weighted by Gasteiger charge is 2.50. The van der Waals surface area contributed by atoms with E-state index in [0.717, 1.165) is 31.6 Å². The Hall–Kier alpha value is -1.12. The maximum absolute atomic E-state index is 9.73. The molecule has 27 heavy (non-hydrogen) atoms. The molecule has 1 saturated carbocycles. The summed E-state index contributed by atoms with van der Waals surface area (Å²) >= 11 is 0. The molecule has 3 rings (SSSR count). The summed E-state index contributed by atoms with van der Waals surface area (Å²) in [7, 11) is 0. The third kappa shape index (κ3) is 7.43. The number of aliphatic hydroxyl groups is 2. The molecule has 2 bridgehead atoms. The summed E-state index contributed by atoms with van der Waals surface area (Å²) in [5, 5.41) is 18.8. The molecule has 1 fully saturated rings. The molecule has 0 radical (unpaired) electrons. The highest BCUT2D eigenvalue weighted by molar-refractivity contribution is 5.23. The lowest BCUT2D eigenvalue weighted by Gasteiger charge is -2.56. The van der Waals surface area contributed by atoms with Crippen LogP contribution in [0.2, 0.25) is 0 Å². The molecule has 0 aromatic heterocycles. The van der Waals surface area contributed by atoms with Gasteiger partial charge in [0.25, 0.3) is 0 Å². The molecule has 3 atom stereocenters. The first kappa shape index (κ1) is 23.9. The van der Waals surface area contributed by atoms with Gasteiger partial charge in [-0.15, -0.1) is 6.58 Å². The second kappa shape index (κ2) is 10.4. The van der Waals surface area contributed by atoms with Crippen LogP contribution in [0.1, 0.15) is 80.1 Å². The molecule has 3 unspecified atom stereocenters. The van der Waals surface area contributed by atoms with Crippen LogP contribution in [-0.4, -0.2) is 22.4 Å². The van der Waals surface area contributed by atoms with Crippen molar-refractivity contribution in [3.05, 3.63) is 47.6 Å². The first-order valence-corrected chi connectivity index (χ1v) is 10.5. The summed E-state index contributed by atoms with van der Waals surface area (Å²) < 4.78 is 0. The van der Waals surface area contributed by atoms with Gasteiger partial charge in [-0.25, -0.2) is 0 Å². The van der Waals surface area contributed by atoms with Crippen LogP contribution in [-0.2, 0) is 0 Å². The molecule has 0 amide bonds. The summed E-state index contributed by atoms with van der Waals surface area (Å²) in [6.45, 7) is 16.8. The minimum Gasteiger partial charge on any atom is -0.392 e. The molecule has 2 heteroatoms. The van der Waals surface area contributed by atoms with Crippen molar-refractivity contribution < 1.29 is 10.2 Å². The summed E-state index contributed by atoms with van der Waals surface area (Å²) in [6.07, 6.45) is 14.7. The third-order valence-electron chi connectivity index (χ3n) is 6.44. The average molecular weight is 375 g/mol. The molecule has 154 valence electrons. The van der Waals surface area contributed by atoms with Gasteiger partial charge in [-0.2, -0.15) is 0 Å². The van der Waals surface area contributed by atoms with E-state index in [9.17, 15) is 5.11 Å². The number of aliphatic hydroxyl groups excluding tert-OH is 1. The lowest BCUT2D eigenvalue weighted by molar-refractivity contribution is -0.0125. The molecule has 0 spiro atoms. The van der Waals surface area contributed by atoms with Crippen molar-refractivity contribution >= 4 is 0 Å². The fourth-order valence-electron chi connectivity index (χ4n) is 4.06. The van der Waals surface area contributed by atoms with E-state index in [-0.39, 0.29) is 6.61 Å². The molecule has 3 aliphatic rings. The maximum atomic E-state index is 9.73. The van der Waals surface area contributed by atoms with E-state index < -0.39 is 5.60 Å². The van der Waals surface area contributed by atoms with Crippen molar-refractivity contribution in [2.24, 2.45) is 17.3 Å². The zero-order valence-electron chi connectivity index (χ0n) is 18.5. The van der Waals surface area contributed by atoms with Gasteiger partial charge >= 0.3 is 0 Å². The molecule has 2 N–H and O–H groups in total. The Bertz CT molecular complexity index is 571. The number of rotatable bonds is 8. The maximum Gasteiger partial charge on any atom is 0.0800 e. The van der Waals surface area contributed by atoms with Gasteiger partial charge in [0.05, 0.1) is 12.2 Å². The van der Waals surface area contributed by atoms with Crippen LogP contribution in [0.4, 0.5) is 0 Å². The Kier molecular flexibility index (Phi) is 9.24. The van der Waals surface area contributed by atoms with E-state index >= 15 is 0 Å². The number of hydrogen-bond donors (Lipinski definition) is 2. The normalized spacial score (nSPS) is 25.2. The largest absolute Gasteiger partial charge is 0.392 e. The van der Waals surface area contributed by atoms with Crippen molar-refractivity contribution in [2.45, 2.75) is 85.7 Å². The predicted molar refractivity (Wildman–Crippen MR) is 118 cm³/mol. The predicted octanol–water partition coefficient (Wildman–Crippen LogP) is 6.37. The molecular weight excluding hydrogens is 332 g/mol. The minimum absolute atomic E-state index is 0.279. The van der Waals surface area contributed by atoms with Crippen LogP contribution in [0.25, 0.3) is 0 Å². The SMILES string of the molecule is C=CC(C)(O)CC/C=C(\C)CCC=C(C)C.CC1(C)C2CC=C(CO)C1C2. The van der Waals surface area contributed by atoms with Crippen LogP contribution >= 0.6 is 0 Å². The Morgan fingerprint density at radius 3 is 2.37 bits per heavy atom. The van der Waals surface area contributed by atoms with Gasteiger partial charge in [0.1, 0.15) is 0 Å². The number of allylic oxidation sites excluding steroid dienone is 5. The van der Waals surface area contributed by atoms with E-state index in [0.29, 0.717) is 11.3 Å². The number of hydrogen-bond acceptors (Lipinski definition) is 2. The Labute approximate surface area is 167 Å². The molecule has 3 aliphatic carbocycles. The van der Waals surface area contributed by atoms with E-state index in [1.807, 2.05) is 0 Å². The van der Waals surface area contributed by atoms with Gasteiger partial charge in [-0.3, -0.25) is 0 Å². The molecule has 0 heterocycles. The minimum atomic E-state index is -0.726. The monoisotopic (exact) mass is 374 g/mol. The Morgan fingerprint density at radius 2 is 1.93 bits per heavy atom. The van der Waals surface area contributed by atoms with Crippen molar-refractivity contribution in [3.8, 4) is 0 Å². The molecule has 0 aromatic carbocycles. The van der Waals surface area contributed by atoms with Gasteiger partial charge in [0.15, 0.2) is 0 Å². The zero-order valence-corrected chi connectivity index (χ0v) is 18.5. The molecule has 0 saturated heterocycles. The topological polar surface area (TPSA) is 40.5 Å². The lowest BCUT2D eigenvalue weighted by Crippen LogP contribution is -2.48. The van der Waals surface area contributed by atoms with Gasteiger partial charge in [-0.05, 0) is 89.0 Å². The van der Waals surface area contributed by atoms with Crippen LogP contribution in [0.3, 0.4) is 0 Å². The van der Waals surface area contributed by atoms with Crippen molar-refractivity contribution in [1.29, 1.82) is 0 Å². The molecule has 0 aromatic rings. The summed E-state index contributed by atoms with van der Waals surface area (Å²) in [4.78, 5) is 0. The van der Waals surface area contributed by atoms with Gasteiger partial charge < -0.3 is 10.2 Å². The molecule has 0 aliphatic heterocycles. The van der Waals surface area contributed by atoms with Gasteiger partial charge in [0.2, 0.25) is 0 Å². The van der Waals surface area contributed by atoms with Crippen LogP contribution in [0.5, 0.6) is 0 Å². The first-order chi connectivity index (χ1) is 12.5. The second-order valence-electron chi connectivity index (χ2n) is 9.45. The van der Waals surface area contributed by atoms with Crippen LogP contribution < -0.4 is 0 Å². The van der Waals surface area contributed by atoms with Crippen LogP contribution in [0, 0.1) is 17.3 Å². The van der Waals surface area contributed by atoms with Crippen molar-refractivity contribution in [2.75, 3.05) is 6.61 Å². The van der Waals surface area contributed by atoms with Crippen molar-refractivity contribution in [3.63, 3.8) is 0 Å².